The summed E-state index contributed by atoms with van der Waals surface area (Å²) < 4.78 is 3.58. The van der Waals surface area contributed by atoms with E-state index < -0.39 is 0 Å². The fourth-order valence-corrected chi connectivity index (χ4v) is 5.75. The number of fused-ring (bicyclic) bond motifs is 3. The van der Waals surface area contributed by atoms with Gasteiger partial charge >= 0.3 is 0 Å². The van der Waals surface area contributed by atoms with Gasteiger partial charge in [-0.05, 0) is 49.3 Å². The Morgan fingerprint density at radius 1 is 1.12 bits per heavy atom. The lowest BCUT2D eigenvalue weighted by Gasteiger charge is -2.17. The van der Waals surface area contributed by atoms with Gasteiger partial charge in [-0.1, -0.05) is 42.4 Å². The molecule has 0 spiro atoms. The van der Waals surface area contributed by atoms with E-state index in [1.807, 2.05) is 41.8 Å². The Balaban J connectivity index is 1.40. The standard InChI is InChI=1S/C24H25N5O2S2/c30-20(25-13-12-18-10-7-15-32-18)16-33-24-26-22-21(19-11-5-2-6-14-28(19)24)23(31)29(27-22)17-8-3-1-4-9-17/h1,3-4,7-10,15H,2,5-6,11-14,16H2,(H,25,30). The molecule has 5 rings (SSSR count). The molecule has 1 N–H and O–H groups in total. The van der Waals surface area contributed by atoms with Crippen LogP contribution in [-0.2, 0) is 24.2 Å². The number of rotatable bonds is 7. The Morgan fingerprint density at radius 2 is 2.00 bits per heavy atom. The number of carbonyl (C=O) groups is 1. The van der Waals surface area contributed by atoms with Crippen LogP contribution in [0.15, 0.2) is 57.8 Å². The molecule has 170 valence electrons. The van der Waals surface area contributed by atoms with E-state index in [9.17, 15) is 9.59 Å². The van der Waals surface area contributed by atoms with Crippen molar-refractivity contribution < 1.29 is 4.79 Å². The zero-order chi connectivity index (χ0) is 22.6. The highest BCUT2D eigenvalue weighted by atomic mass is 32.2. The smallest absolute Gasteiger partial charge is 0.284 e. The Bertz CT molecular complexity index is 1260. The number of carbonyl (C=O) groups excluding carboxylic acids is 1. The van der Waals surface area contributed by atoms with Crippen molar-refractivity contribution in [1.82, 2.24) is 24.6 Å². The fraction of sp³-hybridized carbons (Fsp3) is 0.333. The highest BCUT2D eigenvalue weighted by Gasteiger charge is 2.27. The molecule has 9 heteroatoms. The minimum absolute atomic E-state index is 0.0132. The number of thioether (sulfide) groups is 1. The molecular weight excluding hydrogens is 454 g/mol. The number of nitrogens with one attached hydrogen (secondary N) is 1. The summed E-state index contributed by atoms with van der Waals surface area (Å²) in [4.78, 5) is 31.7. The van der Waals surface area contributed by atoms with Crippen LogP contribution in [0.5, 0.6) is 0 Å². The van der Waals surface area contributed by atoms with Crippen LogP contribution < -0.4 is 10.9 Å². The Labute approximate surface area is 200 Å². The maximum atomic E-state index is 13.3. The van der Waals surface area contributed by atoms with Gasteiger partial charge in [-0.25, -0.2) is 4.98 Å². The molecule has 0 aliphatic carbocycles. The molecule has 0 saturated carbocycles. The topological polar surface area (TPSA) is 81.8 Å². The van der Waals surface area contributed by atoms with Crippen molar-refractivity contribution in [2.75, 3.05) is 12.3 Å². The molecule has 3 aliphatic heterocycles. The second kappa shape index (κ2) is 9.93. The van der Waals surface area contributed by atoms with Crippen LogP contribution in [0.3, 0.4) is 0 Å². The minimum Gasteiger partial charge on any atom is -0.355 e. The largest absolute Gasteiger partial charge is 0.355 e. The van der Waals surface area contributed by atoms with Gasteiger partial charge in [-0.3, -0.25) is 9.59 Å². The van der Waals surface area contributed by atoms with Crippen LogP contribution in [0, 0.1) is 0 Å². The number of amides is 1. The first-order valence-corrected chi connectivity index (χ1v) is 13.1. The number of hydrogen-bond donors (Lipinski definition) is 1. The van der Waals surface area contributed by atoms with Gasteiger partial charge in [0.25, 0.3) is 5.56 Å². The van der Waals surface area contributed by atoms with Gasteiger partial charge in [-0.15, -0.1) is 16.4 Å². The van der Waals surface area contributed by atoms with E-state index in [1.54, 1.807) is 11.3 Å². The van der Waals surface area contributed by atoms with Crippen LogP contribution in [0.2, 0.25) is 0 Å². The van der Waals surface area contributed by atoms with E-state index in [0.717, 1.165) is 55.2 Å². The number of para-hydroxylation sites is 1. The summed E-state index contributed by atoms with van der Waals surface area (Å²) in [6, 6.07) is 13.5. The third kappa shape index (κ3) is 4.74. The Hall–Kier alpha value is -2.91. The quantitative estimate of drug-likeness (QED) is 0.322. The summed E-state index contributed by atoms with van der Waals surface area (Å²) >= 11 is 3.12. The molecule has 0 saturated heterocycles. The lowest BCUT2D eigenvalue weighted by atomic mass is 10.1. The molecule has 0 bridgehead atoms. The van der Waals surface area contributed by atoms with Crippen LogP contribution in [0.1, 0.15) is 29.8 Å². The van der Waals surface area contributed by atoms with Gasteiger partial charge in [0.15, 0.2) is 11.0 Å². The lowest BCUT2D eigenvalue weighted by molar-refractivity contribution is -0.118. The van der Waals surface area contributed by atoms with Crippen molar-refractivity contribution in [2.24, 2.45) is 0 Å². The molecule has 3 aliphatic rings. The molecule has 0 radical (unpaired) electrons. The van der Waals surface area contributed by atoms with Crippen LogP contribution >= 0.6 is 23.1 Å². The van der Waals surface area contributed by atoms with Gasteiger partial charge < -0.3 is 9.88 Å². The summed E-state index contributed by atoms with van der Waals surface area (Å²) in [5.74, 6) is 0.727. The van der Waals surface area contributed by atoms with Crippen LogP contribution in [0.25, 0.3) is 17.1 Å². The average molecular weight is 480 g/mol. The van der Waals surface area contributed by atoms with Gasteiger partial charge in [0.2, 0.25) is 5.91 Å². The fourth-order valence-electron chi connectivity index (χ4n) is 4.17. The monoisotopic (exact) mass is 479 g/mol. The van der Waals surface area contributed by atoms with E-state index in [1.165, 1.54) is 21.3 Å². The SMILES string of the molecule is O=C(CSc1nc2nn(-c3ccccc3)c(=O)c-2c2n1CCCCC2)NCCc1cccs1. The van der Waals surface area contributed by atoms with E-state index in [2.05, 4.69) is 21.0 Å². The van der Waals surface area contributed by atoms with E-state index in [-0.39, 0.29) is 17.2 Å². The normalized spacial score (nSPS) is 13.6. The highest BCUT2D eigenvalue weighted by molar-refractivity contribution is 7.99. The second-order valence-corrected chi connectivity index (χ2v) is 10.00. The zero-order valence-electron chi connectivity index (χ0n) is 18.2. The summed E-state index contributed by atoms with van der Waals surface area (Å²) in [6.07, 6.45) is 4.83. The summed E-state index contributed by atoms with van der Waals surface area (Å²) in [5.41, 5.74) is 2.19. The molecule has 0 atom stereocenters. The van der Waals surface area contributed by atoms with Crippen molar-refractivity contribution in [1.29, 1.82) is 0 Å². The van der Waals surface area contributed by atoms with Crippen molar-refractivity contribution in [2.45, 2.75) is 43.8 Å². The second-order valence-electron chi connectivity index (χ2n) is 8.02. The van der Waals surface area contributed by atoms with Crippen LogP contribution in [-0.4, -0.2) is 37.5 Å². The van der Waals surface area contributed by atoms with Crippen LogP contribution in [0.4, 0.5) is 0 Å². The number of thiophene rings is 1. The van der Waals surface area contributed by atoms with Gasteiger partial charge in [0, 0.05) is 23.7 Å². The van der Waals surface area contributed by atoms with Gasteiger partial charge in [0.05, 0.1) is 11.4 Å². The summed E-state index contributed by atoms with van der Waals surface area (Å²) in [5, 5.41) is 10.4. The molecular formula is C24H25N5O2S2. The lowest BCUT2D eigenvalue weighted by Crippen LogP contribution is -2.27. The molecule has 33 heavy (non-hydrogen) atoms. The predicted molar refractivity (Wildman–Crippen MR) is 132 cm³/mol. The predicted octanol–water partition coefficient (Wildman–Crippen LogP) is 3.77. The molecule has 0 fully saturated rings. The zero-order valence-corrected chi connectivity index (χ0v) is 19.8. The Morgan fingerprint density at radius 3 is 2.82 bits per heavy atom. The van der Waals surface area contributed by atoms with Crippen molar-refractivity contribution in [3.8, 4) is 17.1 Å². The first-order chi connectivity index (χ1) is 16.2. The first-order valence-electron chi connectivity index (χ1n) is 11.2. The number of hydrogen-bond acceptors (Lipinski definition) is 6. The van der Waals surface area contributed by atoms with E-state index >= 15 is 0 Å². The van der Waals surface area contributed by atoms with E-state index in [0.29, 0.717) is 17.9 Å². The molecule has 1 aromatic heterocycles. The van der Waals surface area contributed by atoms with Gasteiger partial charge in [-0.2, -0.15) is 4.68 Å². The first kappa shape index (κ1) is 21.9. The number of aromatic nitrogens is 4. The third-order valence-corrected chi connectivity index (χ3v) is 7.69. The molecule has 2 aromatic rings. The molecule has 7 nitrogen and oxygen atoms in total. The van der Waals surface area contributed by atoms with Crippen molar-refractivity contribution >= 4 is 29.0 Å². The number of nitrogens with zero attached hydrogens (tertiary/aromatic N) is 4. The molecule has 0 unspecified atom stereocenters. The highest BCUT2D eigenvalue weighted by Crippen LogP contribution is 2.30. The maximum Gasteiger partial charge on any atom is 0.284 e. The minimum atomic E-state index is -0.128. The average Bonchev–Trinajstić information content (AvgIpc) is 3.39. The molecule has 4 heterocycles. The van der Waals surface area contributed by atoms with Gasteiger partial charge in [0.1, 0.15) is 5.56 Å². The maximum absolute atomic E-state index is 13.3. The molecule has 1 amide bonds. The molecule has 1 aromatic carbocycles. The van der Waals surface area contributed by atoms with Crippen molar-refractivity contribution in [3.05, 3.63) is 68.8 Å². The summed E-state index contributed by atoms with van der Waals surface area (Å²) in [6.45, 7) is 1.43. The Kier molecular flexibility index (Phi) is 6.59. The summed E-state index contributed by atoms with van der Waals surface area (Å²) in [7, 11) is 0. The number of benzene rings is 1. The van der Waals surface area contributed by atoms with E-state index in [4.69, 9.17) is 4.98 Å². The third-order valence-electron chi connectivity index (χ3n) is 5.77. The van der Waals surface area contributed by atoms with Crippen molar-refractivity contribution in [3.63, 3.8) is 0 Å².